The molecule has 2 unspecified atom stereocenters. The highest BCUT2D eigenvalue weighted by molar-refractivity contribution is 5.73. The third-order valence-electron chi connectivity index (χ3n) is 8.81. The maximum absolute atomic E-state index is 12.7. The summed E-state index contributed by atoms with van der Waals surface area (Å²) in [5.41, 5.74) is 0. The van der Waals surface area contributed by atoms with E-state index < -0.39 is 0 Å². The van der Waals surface area contributed by atoms with Crippen LogP contribution in [0.1, 0.15) is 123 Å². The molecule has 3 rings (SSSR count). The molecule has 0 radical (unpaired) electrons. The van der Waals surface area contributed by atoms with Gasteiger partial charge in [0.25, 0.3) is 0 Å². The van der Waals surface area contributed by atoms with Gasteiger partial charge in [-0.3, -0.25) is 4.79 Å². The molecule has 2 saturated carbocycles. The summed E-state index contributed by atoms with van der Waals surface area (Å²) in [6, 6.07) is 0. The van der Waals surface area contributed by atoms with E-state index in [1.807, 2.05) is 6.92 Å². The van der Waals surface area contributed by atoms with Crippen molar-refractivity contribution in [2.24, 2.45) is 29.6 Å². The molecular weight excluding hydrogens is 412 g/mol. The van der Waals surface area contributed by atoms with E-state index in [0.29, 0.717) is 19.1 Å². The van der Waals surface area contributed by atoms with Crippen LogP contribution in [-0.2, 0) is 19.0 Å². The average Bonchev–Trinajstić information content (AvgIpc) is 2.85. The Bertz CT molecular complexity index is 514. The van der Waals surface area contributed by atoms with E-state index in [2.05, 4.69) is 6.92 Å². The lowest BCUT2D eigenvalue weighted by molar-refractivity contribution is -0.182. The highest BCUT2D eigenvalue weighted by Gasteiger charge is 2.34. The Labute approximate surface area is 203 Å². The van der Waals surface area contributed by atoms with Crippen LogP contribution in [0.2, 0.25) is 0 Å². The zero-order chi connectivity index (χ0) is 23.3. The molecule has 2 atom stereocenters. The van der Waals surface area contributed by atoms with Crippen molar-refractivity contribution in [1.29, 1.82) is 0 Å². The summed E-state index contributed by atoms with van der Waals surface area (Å²) < 4.78 is 17.2. The lowest BCUT2D eigenvalue weighted by Gasteiger charge is -2.35. The van der Waals surface area contributed by atoms with Gasteiger partial charge in [-0.05, 0) is 62.7 Å². The first kappa shape index (κ1) is 27.0. The second kappa shape index (κ2) is 15.4. The molecule has 33 heavy (non-hydrogen) atoms. The summed E-state index contributed by atoms with van der Waals surface area (Å²) >= 11 is 0. The number of carbonyl (C=O) groups excluding carboxylic acids is 1. The van der Waals surface area contributed by atoms with Gasteiger partial charge < -0.3 is 14.2 Å². The van der Waals surface area contributed by atoms with E-state index in [0.717, 1.165) is 56.5 Å². The van der Waals surface area contributed by atoms with Crippen LogP contribution in [0.3, 0.4) is 0 Å². The highest BCUT2D eigenvalue weighted by Crippen LogP contribution is 2.39. The van der Waals surface area contributed by atoms with Gasteiger partial charge in [-0.25, -0.2) is 0 Å². The Morgan fingerprint density at radius 3 is 2.03 bits per heavy atom. The second-order valence-corrected chi connectivity index (χ2v) is 11.2. The van der Waals surface area contributed by atoms with Gasteiger partial charge in [0.2, 0.25) is 0 Å². The molecule has 0 N–H and O–H groups in total. The monoisotopic (exact) mass is 464 g/mol. The van der Waals surface area contributed by atoms with Gasteiger partial charge in [0.15, 0.2) is 6.29 Å². The Hall–Kier alpha value is -0.610. The van der Waals surface area contributed by atoms with E-state index >= 15 is 0 Å². The van der Waals surface area contributed by atoms with Crippen molar-refractivity contribution < 1.29 is 19.0 Å². The molecule has 2 aliphatic carbocycles. The standard InChI is InChI=1S/C29H52O4/c1-3-5-6-9-23-11-13-24(14-12-23)15-16-25-17-19-26(20-18-25)27(29(30)31-4-2)22-33-28-10-7-8-21-32-28/h23-28H,3-22H2,1-2H3. The van der Waals surface area contributed by atoms with Crippen LogP contribution in [0.25, 0.3) is 0 Å². The van der Waals surface area contributed by atoms with Crippen LogP contribution in [0.15, 0.2) is 0 Å². The Morgan fingerprint density at radius 2 is 1.45 bits per heavy atom. The fourth-order valence-electron chi connectivity index (χ4n) is 6.54. The second-order valence-electron chi connectivity index (χ2n) is 11.2. The number of unbranched alkanes of at least 4 members (excludes halogenated alkanes) is 2. The fourth-order valence-corrected chi connectivity index (χ4v) is 6.54. The quantitative estimate of drug-likeness (QED) is 0.207. The van der Waals surface area contributed by atoms with Crippen molar-refractivity contribution in [1.82, 2.24) is 0 Å². The summed E-state index contributed by atoms with van der Waals surface area (Å²) in [6.07, 6.45) is 22.3. The van der Waals surface area contributed by atoms with Gasteiger partial charge >= 0.3 is 5.97 Å². The Morgan fingerprint density at radius 1 is 0.818 bits per heavy atom. The molecule has 192 valence electrons. The van der Waals surface area contributed by atoms with Gasteiger partial charge in [-0.15, -0.1) is 0 Å². The average molecular weight is 465 g/mol. The fraction of sp³-hybridized carbons (Fsp3) is 0.966. The SMILES string of the molecule is CCCCCC1CCC(CCC2CCC(C(COC3CCCCO3)C(=O)OCC)CC2)CC1. The van der Waals surface area contributed by atoms with Gasteiger partial charge in [-0.1, -0.05) is 84.0 Å². The van der Waals surface area contributed by atoms with Crippen molar-refractivity contribution in [2.75, 3.05) is 19.8 Å². The van der Waals surface area contributed by atoms with E-state index in [4.69, 9.17) is 14.2 Å². The molecule has 0 amide bonds. The number of rotatable bonds is 13. The van der Waals surface area contributed by atoms with Gasteiger partial charge in [0.1, 0.15) is 0 Å². The summed E-state index contributed by atoms with van der Waals surface area (Å²) in [7, 11) is 0. The van der Waals surface area contributed by atoms with Crippen LogP contribution in [0.5, 0.6) is 0 Å². The summed E-state index contributed by atoms with van der Waals surface area (Å²) in [4.78, 5) is 12.7. The number of hydrogen-bond acceptors (Lipinski definition) is 4. The van der Waals surface area contributed by atoms with Crippen molar-refractivity contribution in [3.8, 4) is 0 Å². The third-order valence-corrected chi connectivity index (χ3v) is 8.81. The van der Waals surface area contributed by atoms with Crippen molar-refractivity contribution in [3.05, 3.63) is 0 Å². The first-order valence-corrected chi connectivity index (χ1v) is 14.6. The summed E-state index contributed by atoms with van der Waals surface area (Å²) in [5.74, 6) is 3.06. The molecule has 1 aliphatic heterocycles. The minimum absolute atomic E-state index is 0.0625. The third kappa shape index (κ3) is 9.51. The normalized spacial score (nSPS) is 31.8. The molecule has 3 aliphatic rings. The molecule has 3 fully saturated rings. The largest absolute Gasteiger partial charge is 0.466 e. The van der Waals surface area contributed by atoms with Gasteiger partial charge in [-0.2, -0.15) is 0 Å². The van der Waals surface area contributed by atoms with Crippen LogP contribution in [0, 0.1) is 29.6 Å². The Balaban J connectivity index is 1.34. The first-order chi connectivity index (χ1) is 16.2. The molecular formula is C29H52O4. The van der Waals surface area contributed by atoms with Crippen molar-refractivity contribution in [3.63, 3.8) is 0 Å². The maximum atomic E-state index is 12.7. The predicted molar refractivity (Wildman–Crippen MR) is 134 cm³/mol. The molecule has 1 heterocycles. The number of carbonyl (C=O) groups is 1. The number of hydrogen-bond donors (Lipinski definition) is 0. The smallest absolute Gasteiger partial charge is 0.311 e. The number of ether oxygens (including phenoxy) is 3. The van der Waals surface area contributed by atoms with E-state index in [-0.39, 0.29) is 18.2 Å². The van der Waals surface area contributed by atoms with E-state index in [9.17, 15) is 4.79 Å². The lowest BCUT2D eigenvalue weighted by Crippen LogP contribution is -2.35. The van der Waals surface area contributed by atoms with Gasteiger partial charge in [0.05, 0.1) is 19.1 Å². The van der Waals surface area contributed by atoms with Crippen LogP contribution in [0.4, 0.5) is 0 Å². The minimum Gasteiger partial charge on any atom is -0.466 e. The topological polar surface area (TPSA) is 44.8 Å². The summed E-state index contributed by atoms with van der Waals surface area (Å²) in [6.45, 7) is 5.89. The van der Waals surface area contributed by atoms with E-state index in [1.165, 1.54) is 77.0 Å². The van der Waals surface area contributed by atoms with Crippen LogP contribution >= 0.6 is 0 Å². The molecule has 1 saturated heterocycles. The molecule has 0 bridgehead atoms. The van der Waals surface area contributed by atoms with Crippen LogP contribution < -0.4 is 0 Å². The molecule has 0 spiro atoms. The molecule has 0 aromatic heterocycles. The van der Waals surface area contributed by atoms with Gasteiger partial charge in [0, 0.05) is 6.61 Å². The zero-order valence-corrected chi connectivity index (χ0v) is 21.7. The first-order valence-electron chi connectivity index (χ1n) is 14.6. The molecule has 4 heteroatoms. The van der Waals surface area contributed by atoms with Crippen molar-refractivity contribution >= 4 is 5.97 Å². The molecule has 0 aromatic rings. The minimum atomic E-state index is -0.131. The molecule has 0 aromatic carbocycles. The predicted octanol–water partition coefficient (Wildman–Crippen LogP) is 7.68. The highest BCUT2D eigenvalue weighted by atomic mass is 16.7. The van der Waals surface area contributed by atoms with E-state index in [1.54, 1.807) is 0 Å². The lowest BCUT2D eigenvalue weighted by atomic mass is 9.72. The molecule has 4 nitrogen and oxygen atoms in total. The van der Waals surface area contributed by atoms with Crippen LogP contribution in [-0.4, -0.2) is 32.1 Å². The maximum Gasteiger partial charge on any atom is 0.311 e. The zero-order valence-electron chi connectivity index (χ0n) is 21.7. The number of esters is 1. The summed E-state index contributed by atoms with van der Waals surface area (Å²) in [5, 5.41) is 0. The van der Waals surface area contributed by atoms with Crippen molar-refractivity contribution in [2.45, 2.75) is 129 Å². The Kier molecular flexibility index (Phi) is 12.6.